The van der Waals surface area contributed by atoms with Gasteiger partial charge in [-0.05, 0) is 50.9 Å². The van der Waals surface area contributed by atoms with E-state index in [-0.39, 0.29) is 40.5 Å². The normalized spacial score (nSPS) is 17.8. The van der Waals surface area contributed by atoms with Gasteiger partial charge in [0, 0.05) is 52.4 Å². The van der Waals surface area contributed by atoms with Gasteiger partial charge in [0.25, 0.3) is 5.56 Å². The van der Waals surface area contributed by atoms with Crippen molar-refractivity contribution in [3.8, 4) is 5.88 Å². The highest BCUT2D eigenvalue weighted by Gasteiger charge is 2.33. The fourth-order valence-electron chi connectivity index (χ4n) is 6.82. The summed E-state index contributed by atoms with van der Waals surface area (Å²) < 4.78 is 44.2. The number of alkyl halides is 3. The van der Waals surface area contributed by atoms with Crippen molar-refractivity contribution in [2.45, 2.75) is 51.4 Å². The summed E-state index contributed by atoms with van der Waals surface area (Å²) in [7, 11) is 2.03. The molecule has 50 heavy (non-hydrogen) atoms. The van der Waals surface area contributed by atoms with Crippen LogP contribution in [0.15, 0.2) is 29.2 Å². The maximum absolute atomic E-state index is 14.3. The molecule has 2 aliphatic heterocycles. The van der Waals surface area contributed by atoms with Crippen LogP contribution in [0.1, 0.15) is 43.5 Å². The molecule has 14 nitrogen and oxygen atoms in total. The van der Waals surface area contributed by atoms with E-state index in [1.165, 1.54) is 4.52 Å². The Morgan fingerprint density at radius 3 is 2.34 bits per heavy atom. The molecular weight excluding hydrogens is 679 g/mol. The lowest BCUT2D eigenvalue weighted by Gasteiger charge is -2.37. The summed E-state index contributed by atoms with van der Waals surface area (Å²) in [6.07, 6.45) is 0.584. The minimum Gasteiger partial charge on any atom is -0.492 e. The molecule has 1 aliphatic carbocycles. The smallest absolute Gasteiger partial charge is 0.416 e. The van der Waals surface area contributed by atoms with Crippen LogP contribution in [0.2, 0.25) is 5.02 Å². The first-order valence-electron chi connectivity index (χ1n) is 16.8. The van der Waals surface area contributed by atoms with Crippen LogP contribution >= 0.6 is 11.6 Å². The van der Waals surface area contributed by atoms with Gasteiger partial charge in [0.05, 0.1) is 34.2 Å². The fraction of sp³-hybridized carbons (Fsp3) is 0.531. The standard InChI is InChI=1S/C32H39ClF3N11O3/c1-3-24-27(43-15-13-42(14-16-43)25-18-37-46(28(25)49)21-5-4-6-21)29(50)47-31(39-30(40-47)44-11-9-41(2)10-12-44)45(24)19-26(48)38-23-8-7-20(17-22(23)33)32(34,35)36/h7-8,17-18,21,49H,3-6,9-16,19H2,1-2H3,(H,38,48). The van der Waals surface area contributed by atoms with E-state index in [0.29, 0.717) is 68.7 Å². The Kier molecular flexibility index (Phi) is 9.05. The highest BCUT2D eigenvalue weighted by atomic mass is 35.5. The lowest BCUT2D eigenvalue weighted by molar-refractivity contribution is -0.137. The van der Waals surface area contributed by atoms with E-state index in [9.17, 15) is 27.9 Å². The van der Waals surface area contributed by atoms with Gasteiger partial charge in [-0.2, -0.15) is 27.8 Å². The summed E-state index contributed by atoms with van der Waals surface area (Å²) in [6.45, 7) is 6.43. The second kappa shape index (κ2) is 13.3. The summed E-state index contributed by atoms with van der Waals surface area (Å²) in [5.41, 5.74) is 0.363. The highest BCUT2D eigenvalue weighted by Crippen LogP contribution is 2.38. The van der Waals surface area contributed by atoms with E-state index in [1.54, 1.807) is 15.4 Å². The van der Waals surface area contributed by atoms with Crippen molar-refractivity contribution >= 4 is 46.3 Å². The van der Waals surface area contributed by atoms with Gasteiger partial charge in [-0.3, -0.25) is 9.59 Å². The minimum atomic E-state index is -4.58. The average Bonchev–Trinajstić information content (AvgIpc) is 3.67. The van der Waals surface area contributed by atoms with Crippen LogP contribution in [-0.2, 0) is 23.9 Å². The Morgan fingerprint density at radius 1 is 1.04 bits per heavy atom. The third-order valence-corrected chi connectivity index (χ3v) is 10.2. The van der Waals surface area contributed by atoms with E-state index in [2.05, 4.69) is 25.3 Å². The average molecular weight is 718 g/mol. The number of nitrogens with zero attached hydrogens (tertiary/aromatic N) is 10. The number of benzene rings is 1. The number of piperazine rings is 2. The van der Waals surface area contributed by atoms with Crippen molar-refractivity contribution < 1.29 is 23.1 Å². The fourth-order valence-corrected chi connectivity index (χ4v) is 7.05. The van der Waals surface area contributed by atoms with Crippen LogP contribution in [0.3, 0.4) is 0 Å². The maximum atomic E-state index is 14.3. The van der Waals surface area contributed by atoms with Gasteiger partial charge in [0.15, 0.2) is 0 Å². The molecule has 5 heterocycles. The first-order valence-corrected chi connectivity index (χ1v) is 17.2. The molecule has 0 bridgehead atoms. The molecule has 2 N–H and O–H groups in total. The number of nitrogens with one attached hydrogen (secondary N) is 1. The van der Waals surface area contributed by atoms with E-state index in [4.69, 9.17) is 16.6 Å². The zero-order valence-corrected chi connectivity index (χ0v) is 28.6. The third kappa shape index (κ3) is 6.32. The number of carbonyl (C=O) groups excluding carboxylic acids is 1. The Bertz CT molecular complexity index is 1960. The van der Waals surface area contributed by atoms with Gasteiger partial charge in [-0.15, -0.1) is 5.10 Å². The van der Waals surface area contributed by atoms with Crippen molar-refractivity contribution in [3.05, 3.63) is 51.0 Å². The number of aromatic hydroxyl groups is 1. The number of aromatic nitrogens is 6. The predicted molar refractivity (Wildman–Crippen MR) is 183 cm³/mol. The number of fused-ring (bicyclic) bond motifs is 1. The van der Waals surface area contributed by atoms with Crippen molar-refractivity contribution in [1.29, 1.82) is 0 Å². The van der Waals surface area contributed by atoms with Gasteiger partial charge >= 0.3 is 6.18 Å². The molecule has 18 heteroatoms. The first-order chi connectivity index (χ1) is 23.9. The summed E-state index contributed by atoms with van der Waals surface area (Å²) in [4.78, 5) is 40.8. The lowest BCUT2D eigenvalue weighted by Crippen LogP contribution is -2.49. The molecule has 0 radical (unpaired) electrons. The number of hydrogen-bond acceptors (Lipinski definition) is 10. The zero-order valence-electron chi connectivity index (χ0n) is 27.8. The molecule has 3 fully saturated rings. The van der Waals surface area contributed by atoms with Crippen LogP contribution in [0.5, 0.6) is 5.88 Å². The van der Waals surface area contributed by atoms with Gasteiger partial charge in [0.1, 0.15) is 17.9 Å². The van der Waals surface area contributed by atoms with E-state index < -0.39 is 17.6 Å². The van der Waals surface area contributed by atoms with Crippen molar-refractivity contribution in [2.24, 2.45) is 0 Å². The third-order valence-electron chi connectivity index (χ3n) is 9.92. The van der Waals surface area contributed by atoms with Crippen molar-refractivity contribution in [2.75, 3.05) is 79.4 Å². The summed E-state index contributed by atoms with van der Waals surface area (Å²) in [5.74, 6) is 0.147. The highest BCUT2D eigenvalue weighted by molar-refractivity contribution is 6.33. The number of hydrogen-bond donors (Lipinski definition) is 2. The first kappa shape index (κ1) is 34.0. The number of anilines is 4. The SMILES string of the molecule is CCc1c(N2CCN(c3cnn(C4CCC4)c3O)CC2)c(=O)n2nc(N3CCN(C)CC3)nc2n1CC(=O)Nc1ccc(C(F)(F)F)cc1Cl. The largest absolute Gasteiger partial charge is 0.492 e. The molecule has 1 aromatic carbocycles. The second-order valence-corrected chi connectivity index (χ2v) is 13.5. The Hall–Kier alpha value is -4.51. The minimum absolute atomic E-state index is 0.0274. The summed E-state index contributed by atoms with van der Waals surface area (Å²) in [6, 6.07) is 2.95. The number of amides is 1. The lowest BCUT2D eigenvalue weighted by atomic mass is 9.93. The topological polar surface area (TPSA) is 132 Å². The van der Waals surface area contributed by atoms with Crippen LogP contribution in [0, 0.1) is 0 Å². The molecule has 0 unspecified atom stereocenters. The number of likely N-dealkylation sites (N-methyl/N-ethyl adjacent to an activating group) is 1. The van der Waals surface area contributed by atoms with Gasteiger partial charge in [-0.25, -0.2) is 4.68 Å². The van der Waals surface area contributed by atoms with Crippen LogP contribution in [-0.4, -0.2) is 104 Å². The molecular formula is C32H39ClF3N11O3. The maximum Gasteiger partial charge on any atom is 0.416 e. The molecule has 2 saturated heterocycles. The number of rotatable bonds is 8. The van der Waals surface area contributed by atoms with Crippen LogP contribution in [0.25, 0.3) is 5.78 Å². The summed E-state index contributed by atoms with van der Waals surface area (Å²) >= 11 is 6.15. The second-order valence-electron chi connectivity index (χ2n) is 13.1. The number of carbonyl (C=O) groups is 1. The zero-order chi connectivity index (χ0) is 35.3. The molecule has 0 spiro atoms. The predicted octanol–water partition coefficient (Wildman–Crippen LogP) is 3.47. The Balaban J connectivity index is 1.21. The van der Waals surface area contributed by atoms with Gasteiger partial charge < -0.3 is 34.6 Å². The Morgan fingerprint density at radius 2 is 1.72 bits per heavy atom. The molecule has 1 amide bonds. The van der Waals surface area contributed by atoms with Gasteiger partial charge in [-0.1, -0.05) is 18.5 Å². The van der Waals surface area contributed by atoms with E-state index in [0.717, 1.165) is 50.6 Å². The van der Waals surface area contributed by atoms with E-state index in [1.807, 2.05) is 23.8 Å². The van der Waals surface area contributed by atoms with Crippen LogP contribution in [0.4, 0.5) is 36.2 Å². The number of halogens is 4. The molecule has 3 aromatic heterocycles. The molecule has 1 saturated carbocycles. The monoisotopic (exact) mass is 717 g/mol. The molecule has 3 aliphatic rings. The molecule has 268 valence electrons. The molecule has 7 rings (SSSR count). The summed E-state index contributed by atoms with van der Waals surface area (Å²) in [5, 5.41) is 22.4. The Labute approximate surface area is 290 Å². The van der Waals surface area contributed by atoms with E-state index >= 15 is 0 Å². The molecule has 0 atom stereocenters. The van der Waals surface area contributed by atoms with Gasteiger partial charge in [0.2, 0.25) is 23.5 Å². The van der Waals surface area contributed by atoms with Crippen molar-refractivity contribution in [1.82, 2.24) is 33.8 Å². The van der Waals surface area contributed by atoms with Crippen LogP contribution < -0.4 is 25.6 Å². The quantitative estimate of drug-likeness (QED) is 0.279. The van der Waals surface area contributed by atoms with Crippen molar-refractivity contribution in [3.63, 3.8) is 0 Å². The molecule has 4 aromatic rings.